The number of allylic oxidation sites excluding steroid dienone is 1. The maximum absolute atomic E-state index is 13.7. The molecular weight excluding hydrogens is 538 g/mol. The molecule has 1 amide bonds. The molecule has 4 aromatic rings. The number of nitrogens with two attached hydrogens (primary N) is 1. The first-order valence-electron chi connectivity index (χ1n) is 13.3. The van der Waals surface area contributed by atoms with E-state index >= 15 is 0 Å². The number of fused-ring (bicyclic) bond motifs is 2. The van der Waals surface area contributed by atoms with Crippen LogP contribution in [0.5, 0.6) is 0 Å². The van der Waals surface area contributed by atoms with Gasteiger partial charge in [0.1, 0.15) is 0 Å². The number of nitrogens with one attached hydrogen (secondary N) is 1. The molecule has 4 heterocycles. The van der Waals surface area contributed by atoms with E-state index in [-0.39, 0.29) is 17.4 Å². The molecule has 41 heavy (non-hydrogen) atoms. The number of nitrogens with zero attached hydrogens (tertiary/aromatic N) is 5. The lowest BCUT2D eigenvalue weighted by Gasteiger charge is -2.23. The lowest BCUT2D eigenvalue weighted by Crippen LogP contribution is -2.33. The van der Waals surface area contributed by atoms with Crippen molar-refractivity contribution in [3.8, 4) is 22.4 Å². The van der Waals surface area contributed by atoms with Gasteiger partial charge in [0.05, 0.1) is 35.2 Å². The van der Waals surface area contributed by atoms with Gasteiger partial charge >= 0.3 is 0 Å². The molecule has 2 bridgehead atoms. The Morgan fingerprint density at radius 2 is 1.90 bits per heavy atom. The van der Waals surface area contributed by atoms with E-state index in [4.69, 9.17) is 22.3 Å². The van der Waals surface area contributed by atoms with Crippen molar-refractivity contribution in [1.82, 2.24) is 24.8 Å². The van der Waals surface area contributed by atoms with Crippen LogP contribution in [0, 0.1) is 5.92 Å². The predicted molar refractivity (Wildman–Crippen MR) is 160 cm³/mol. The number of amides is 1. The van der Waals surface area contributed by atoms with Crippen LogP contribution in [0.4, 0.5) is 0 Å². The topological polar surface area (TPSA) is 128 Å². The first-order chi connectivity index (χ1) is 19.9. The average molecular weight is 568 g/mol. The second-order valence-electron chi connectivity index (χ2n) is 9.91. The molecule has 0 radical (unpaired) electrons. The number of halogens is 1. The Kier molecular flexibility index (Phi) is 8.35. The fraction of sp³-hybridized carbons (Fsp3) is 0.226. The minimum absolute atomic E-state index is 0.136. The smallest absolute Gasteiger partial charge is 0.254 e. The predicted octanol–water partition coefficient (Wildman–Crippen LogP) is 4.77. The van der Waals surface area contributed by atoms with E-state index in [0.29, 0.717) is 47.1 Å². The molecule has 1 aliphatic rings. The molecule has 208 valence electrons. The van der Waals surface area contributed by atoms with E-state index in [1.54, 1.807) is 54.7 Å². The highest BCUT2D eigenvalue weighted by atomic mass is 35.5. The van der Waals surface area contributed by atoms with Crippen LogP contribution in [0.3, 0.4) is 0 Å². The van der Waals surface area contributed by atoms with Gasteiger partial charge in [-0.05, 0) is 48.7 Å². The lowest BCUT2D eigenvalue weighted by molar-refractivity contribution is -0.123. The molecule has 0 aliphatic carbocycles. The van der Waals surface area contributed by atoms with E-state index in [0.717, 1.165) is 22.3 Å². The minimum atomic E-state index is -0.403. The summed E-state index contributed by atoms with van der Waals surface area (Å²) in [6.07, 6.45) is 9.95. The summed E-state index contributed by atoms with van der Waals surface area (Å²) in [4.78, 5) is 44.5. The fourth-order valence-corrected chi connectivity index (χ4v) is 5.26. The Bertz CT molecular complexity index is 1700. The van der Waals surface area contributed by atoms with Crippen LogP contribution in [0.15, 0.2) is 95.1 Å². The first-order valence-corrected chi connectivity index (χ1v) is 13.7. The van der Waals surface area contributed by atoms with Crippen LogP contribution in [0.1, 0.15) is 43.5 Å². The quantitative estimate of drug-likeness (QED) is 0.367. The van der Waals surface area contributed by atoms with Gasteiger partial charge in [-0.3, -0.25) is 29.1 Å². The molecule has 0 saturated carbocycles. The molecule has 1 aliphatic heterocycles. The summed E-state index contributed by atoms with van der Waals surface area (Å²) < 4.78 is 1.60. The standard InChI is InChI=1S/C31H30ClN7O2/c1-19-5-3-7-28(26-13-20(10-12-36-26)30(34-2)27(16-33)38-31(19)41)39-18-37-25(15-29(39)40)24-14-22(32)8-9-23(24)21-6-4-11-35-17-21/h4,6,8-19,28H,3,5,7,33H2,1-2H3,(H,38,41). The highest BCUT2D eigenvalue weighted by Gasteiger charge is 2.24. The second-order valence-corrected chi connectivity index (χ2v) is 10.3. The summed E-state index contributed by atoms with van der Waals surface area (Å²) in [7, 11) is 1.64. The van der Waals surface area contributed by atoms with Crippen LogP contribution < -0.4 is 16.6 Å². The molecule has 10 heteroatoms. The first kappa shape index (κ1) is 27.9. The van der Waals surface area contributed by atoms with Crippen LogP contribution in [-0.4, -0.2) is 38.2 Å². The Labute approximate surface area is 242 Å². The molecule has 9 nitrogen and oxygen atoms in total. The van der Waals surface area contributed by atoms with Crippen LogP contribution >= 0.6 is 11.6 Å². The highest BCUT2D eigenvalue weighted by molar-refractivity contribution is 6.31. The molecule has 2 atom stereocenters. The maximum Gasteiger partial charge on any atom is 0.254 e. The average Bonchev–Trinajstić information content (AvgIpc) is 2.99. The third-order valence-electron chi connectivity index (χ3n) is 7.26. The van der Waals surface area contributed by atoms with E-state index < -0.39 is 6.04 Å². The van der Waals surface area contributed by atoms with E-state index in [2.05, 4.69) is 20.3 Å². The molecule has 0 saturated heterocycles. The summed E-state index contributed by atoms with van der Waals surface area (Å²) in [5.41, 5.74) is 11.0. The normalized spacial score (nSPS) is 19.8. The van der Waals surface area contributed by atoms with Crippen molar-refractivity contribution in [2.75, 3.05) is 7.05 Å². The van der Waals surface area contributed by atoms with Crippen molar-refractivity contribution in [2.45, 2.75) is 32.2 Å². The zero-order chi connectivity index (χ0) is 28.9. The van der Waals surface area contributed by atoms with Crippen molar-refractivity contribution in [1.29, 1.82) is 0 Å². The van der Waals surface area contributed by atoms with E-state index in [1.165, 1.54) is 12.3 Å². The number of carbonyl (C=O) groups is 1. The highest BCUT2D eigenvalue weighted by Crippen LogP contribution is 2.33. The summed E-state index contributed by atoms with van der Waals surface area (Å²) in [5.74, 6) is -0.399. The summed E-state index contributed by atoms with van der Waals surface area (Å²) >= 11 is 6.35. The van der Waals surface area contributed by atoms with E-state index in [1.807, 2.05) is 31.2 Å². The van der Waals surface area contributed by atoms with Crippen molar-refractivity contribution >= 4 is 23.2 Å². The van der Waals surface area contributed by atoms with Gasteiger partial charge in [0.25, 0.3) is 5.56 Å². The van der Waals surface area contributed by atoms with Gasteiger partial charge in [-0.25, -0.2) is 4.98 Å². The maximum atomic E-state index is 13.7. The van der Waals surface area contributed by atoms with Gasteiger partial charge in [-0.2, -0.15) is 0 Å². The molecule has 2 unspecified atom stereocenters. The molecule has 3 N–H and O–H groups in total. The Morgan fingerprint density at radius 1 is 1.05 bits per heavy atom. The van der Waals surface area contributed by atoms with Gasteiger partial charge in [-0.1, -0.05) is 37.1 Å². The van der Waals surface area contributed by atoms with Crippen LogP contribution in [0.2, 0.25) is 5.02 Å². The summed E-state index contributed by atoms with van der Waals surface area (Å²) in [5, 5.41) is 3.44. The molecule has 3 aromatic heterocycles. The largest absolute Gasteiger partial charge is 0.403 e. The van der Waals surface area contributed by atoms with E-state index in [9.17, 15) is 9.59 Å². The van der Waals surface area contributed by atoms with Crippen molar-refractivity contribution in [3.63, 3.8) is 0 Å². The van der Waals surface area contributed by atoms with Crippen molar-refractivity contribution < 1.29 is 4.79 Å². The number of rotatable bonds is 3. The minimum Gasteiger partial charge on any atom is -0.403 e. The molecule has 0 spiro atoms. The van der Waals surface area contributed by atoms with Gasteiger partial charge in [0.2, 0.25) is 5.91 Å². The Balaban J connectivity index is 1.59. The van der Waals surface area contributed by atoms with Crippen LogP contribution in [0.25, 0.3) is 22.4 Å². The van der Waals surface area contributed by atoms with Gasteiger partial charge in [-0.15, -0.1) is 0 Å². The van der Waals surface area contributed by atoms with Crippen molar-refractivity contribution in [3.05, 3.63) is 112 Å². The number of hydrogen-bond acceptors (Lipinski definition) is 7. The third kappa shape index (κ3) is 5.95. The number of pyridine rings is 2. The van der Waals surface area contributed by atoms with Crippen molar-refractivity contribution in [2.24, 2.45) is 16.6 Å². The second kappa shape index (κ2) is 12.3. The molecule has 1 aromatic carbocycles. The number of hydrogen-bond donors (Lipinski definition) is 2. The molecular formula is C31H30ClN7O2. The Morgan fingerprint density at radius 3 is 2.63 bits per heavy atom. The SMILES string of the molecule is CN=C1C(=CN)NC(=O)C(C)CCCC(n2cnc(-c3cc(Cl)ccc3-c3cccnc3)cc2=O)c2cc1ccn2. The number of aromatic nitrogens is 4. The monoisotopic (exact) mass is 567 g/mol. The lowest BCUT2D eigenvalue weighted by atomic mass is 9.96. The molecule has 5 rings (SSSR count). The number of benzene rings is 1. The number of aliphatic imine (C=N–C) groups is 1. The summed E-state index contributed by atoms with van der Waals surface area (Å²) in [6, 6.07) is 14.1. The zero-order valence-corrected chi connectivity index (χ0v) is 23.5. The number of carbonyl (C=O) groups excluding carboxylic acids is 1. The van der Waals surface area contributed by atoms with Gasteiger partial charge < -0.3 is 11.1 Å². The third-order valence-corrected chi connectivity index (χ3v) is 7.50. The Hall–Kier alpha value is -4.63. The zero-order valence-electron chi connectivity index (χ0n) is 22.8. The fourth-order valence-electron chi connectivity index (χ4n) is 5.09. The van der Waals surface area contributed by atoms with Gasteiger partial charge in [0, 0.05) is 65.5 Å². The van der Waals surface area contributed by atoms with Crippen LogP contribution in [-0.2, 0) is 4.79 Å². The summed E-state index contributed by atoms with van der Waals surface area (Å²) in [6.45, 7) is 1.87. The molecule has 0 fully saturated rings. The van der Waals surface area contributed by atoms with Gasteiger partial charge in [0.15, 0.2) is 0 Å².